The van der Waals surface area contributed by atoms with Gasteiger partial charge in [-0.15, -0.1) is 0 Å². The van der Waals surface area contributed by atoms with E-state index >= 15 is 0 Å². The second-order valence-electron chi connectivity index (χ2n) is 4.51. The Morgan fingerprint density at radius 3 is 2.59 bits per heavy atom. The van der Waals surface area contributed by atoms with Crippen LogP contribution in [0, 0.1) is 0 Å². The van der Waals surface area contributed by atoms with Crippen LogP contribution in [0.5, 0.6) is 11.5 Å². The van der Waals surface area contributed by atoms with Crippen molar-refractivity contribution in [2.45, 2.75) is 6.54 Å². The van der Waals surface area contributed by atoms with Gasteiger partial charge in [0.2, 0.25) is 0 Å². The van der Waals surface area contributed by atoms with Gasteiger partial charge in [-0.1, -0.05) is 27.5 Å². The van der Waals surface area contributed by atoms with Gasteiger partial charge in [-0.3, -0.25) is 0 Å². The minimum atomic E-state index is 0.374. The summed E-state index contributed by atoms with van der Waals surface area (Å²) in [6, 6.07) is 3.78. The monoisotopic (exact) mass is 382 g/mol. The molecular formula is C14H12BrClN4O2. The summed E-state index contributed by atoms with van der Waals surface area (Å²) < 4.78 is 13.4. The minimum Gasteiger partial charge on any atom is -0.493 e. The van der Waals surface area contributed by atoms with Crippen molar-refractivity contribution in [2.24, 2.45) is 0 Å². The normalized spacial score (nSPS) is 10.9. The molecule has 0 unspecified atom stereocenters. The molecule has 114 valence electrons. The van der Waals surface area contributed by atoms with Gasteiger partial charge in [-0.05, 0) is 17.7 Å². The standard InChI is InChI=1S/C14H12BrClN4O2/c1-21-10-3-8(9(15)4-11(10)22-2)5-20-7-19-14-12(20)13(16)17-6-18-14/h3-4,6-7H,5H2,1-2H3. The quantitative estimate of drug-likeness (QED) is 0.647. The number of imidazole rings is 1. The molecule has 6 nitrogen and oxygen atoms in total. The molecular weight excluding hydrogens is 372 g/mol. The van der Waals surface area contributed by atoms with Gasteiger partial charge in [-0.2, -0.15) is 0 Å². The molecule has 0 radical (unpaired) electrons. The molecule has 0 spiro atoms. The number of rotatable bonds is 4. The summed E-state index contributed by atoms with van der Waals surface area (Å²) in [5.41, 5.74) is 2.26. The lowest BCUT2D eigenvalue weighted by atomic mass is 10.2. The number of methoxy groups -OCH3 is 2. The van der Waals surface area contributed by atoms with Crippen LogP contribution in [0.4, 0.5) is 0 Å². The summed E-state index contributed by atoms with van der Waals surface area (Å²) in [5.74, 6) is 1.32. The molecule has 0 amide bonds. The van der Waals surface area contributed by atoms with E-state index < -0.39 is 0 Å². The average Bonchev–Trinajstić information content (AvgIpc) is 2.93. The Hall–Kier alpha value is -1.86. The Balaban J connectivity index is 2.05. The highest BCUT2D eigenvalue weighted by Crippen LogP contribution is 2.34. The molecule has 0 aliphatic carbocycles. The molecule has 0 saturated carbocycles. The number of benzene rings is 1. The average molecular weight is 384 g/mol. The number of halogens is 2. The highest BCUT2D eigenvalue weighted by atomic mass is 79.9. The predicted molar refractivity (Wildman–Crippen MR) is 86.7 cm³/mol. The van der Waals surface area contributed by atoms with Crippen LogP contribution in [0.3, 0.4) is 0 Å². The zero-order valence-electron chi connectivity index (χ0n) is 11.9. The van der Waals surface area contributed by atoms with E-state index in [-0.39, 0.29) is 0 Å². The SMILES string of the molecule is COc1cc(Br)c(Cn2cnc3ncnc(Cl)c32)cc1OC. The smallest absolute Gasteiger partial charge is 0.182 e. The predicted octanol–water partition coefficient (Wildman–Crippen LogP) is 3.31. The summed E-state index contributed by atoms with van der Waals surface area (Å²) >= 11 is 9.69. The van der Waals surface area contributed by atoms with Crippen LogP contribution in [-0.2, 0) is 6.54 Å². The maximum absolute atomic E-state index is 6.15. The lowest BCUT2D eigenvalue weighted by Gasteiger charge is -2.12. The fraction of sp³-hybridized carbons (Fsp3) is 0.214. The summed E-state index contributed by atoms with van der Waals surface area (Å²) in [7, 11) is 3.21. The summed E-state index contributed by atoms with van der Waals surface area (Å²) in [5, 5.41) is 0.374. The first-order valence-corrected chi connectivity index (χ1v) is 7.53. The molecule has 0 bridgehead atoms. The van der Waals surface area contributed by atoms with Crippen molar-refractivity contribution in [2.75, 3.05) is 14.2 Å². The second kappa shape index (κ2) is 6.10. The first-order chi connectivity index (χ1) is 10.6. The third-order valence-electron chi connectivity index (χ3n) is 3.26. The molecule has 1 aromatic carbocycles. The third-order valence-corrected chi connectivity index (χ3v) is 4.27. The fourth-order valence-corrected chi connectivity index (χ4v) is 2.88. The summed E-state index contributed by atoms with van der Waals surface area (Å²) in [6.45, 7) is 0.546. The molecule has 0 aliphatic rings. The molecule has 0 fully saturated rings. The van der Waals surface area contributed by atoms with Crippen molar-refractivity contribution >= 4 is 38.7 Å². The largest absolute Gasteiger partial charge is 0.493 e. The lowest BCUT2D eigenvalue weighted by molar-refractivity contribution is 0.354. The van der Waals surface area contributed by atoms with Crippen molar-refractivity contribution in [3.8, 4) is 11.5 Å². The van der Waals surface area contributed by atoms with Crippen molar-refractivity contribution in [1.82, 2.24) is 19.5 Å². The molecule has 0 aliphatic heterocycles. The van der Waals surface area contributed by atoms with E-state index in [1.165, 1.54) is 6.33 Å². The van der Waals surface area contributed by atoms with E-state index in [9.17, 15) is 0 Å². The van der Waals surface area contributed by atoms with E-state index in [0.717, 1.165) is 10.0 Å². The van der Waals surface area contributed by atoms with Crippen molar-refractivity contribution in [1.29, 1.82) is 0 Å². The van der Waals surface area contributed by atoms with E-state index in [0.29, 0.717) is 34.4 Å². The van der Waals surface area contributed by atoms with E-state index in [1.807, 2.05) is 16.7 Å². The van der Waals surface area contributed by atoms with Crippen molar-refractivity contribution < 1.29 is 9.47 Å². The van der Waals surface area contributed by atoms with Crippen LogP contribution in [0.15, 0.2) is 29.3 Å². The second-order valence-corrected chi connectivity index (χ2v) is 5.72. The van der Waals surface area contributed by atoms with Crippen LogP contribution in [0.25, 0.3) is 11.2 Å². The van der Waals surface area contributed by atoms with Gasteiger partial charge in [0.25, 0.3) is 0 Å². The first-order valence-electron chi connectivity index (χ1n) is 6.35. The number of nitrogens with zero attached hydrogens (tertiary/aromatic N) is 4. The summed E-state index contributed by atoms with van der Waals surface area (Å²) in [6.07, 6.45) is 3.09. The molecule has 2 heterocycles. The molecule has 0 atom stereocenters. The minimum absolute atomic E-state index is 0.374. The Kier molecular flexibility index (Phi) is 4.17. The van der Waals surface area contributed by atoms with Crippen molar-refractivity contribution in [3.05, 3.63) is 40.0 Å². The number of hydrogen-bond acceptors (Lipinski definition) is 5. The maximum atomic E-state index is 6.15. The highest BCUT2D eigenvalue weighted by Gasteiger charge is 2.13. The summed E-state index contributed by atoms with van der Waals surface area (Å²) in [4.78, 5) is 12.3. The Morgan fingerprint density at radius 2 is 1.86 bits per heavy atom. The van der Waals surface area contributed by atoms with Gasteiger partial charge >= 0.3 is 0 Å². The van der Waals surface area contributed by atoms with E-state index in [4.69, 9.17) is 21.1 Å². The van der Waals surface area contributed by atoms with Gasteiger partial charge in [0.05, 0.1) is 27.1 Å². The number of ether oxygens (including phenoxy) is 2. The van der Waals surface area contributed by atoms with Gasteiger partial charge in [-0.25, -0.2) is 15.0 Å². The first kappa shape index (κ1) is 15.1. The van der Waals surface area contributed by atoms with Crippen LogP contribution >= 0.6 is 27.5 Å². The van der Waals surface area contributed by atoms with Gasteiger partial charge < -0.3 is 14.0 Å². The van der Waals surface area contributed by atoms with E-state index in [1.54, 1.807) is 20.5 Å². The molecule has 3 aromatic rings. The van der Waals surface area contributed by atoms with E-state index in [2.05, 4.69) is 30.9 Å². The number of hydrogen-bond donors (Lipinski definition) is 0. The zero-order chi connectivity index (χ0) is 15.7. The van der Waals surface area contributed by atoms with Crippen LogP contribution in [0.1, 0.15) is 5.56 Å². The lowest BCUT2D eigenvalue weighted by Crippen LogP contribution is -2.01. The fourth-order valence-electron chi connectivity index (χ4n) is 2.19. The van der Waals surface area contributed by atoms with Gasteiger partial charge in [0, 0.05) is 4.47 Å². The molecule has 3 rings (SSSR count). The number of fused-ring (bicyclic) bond motifs is 1. The number of aromatic nitrogens is 4. The molecule has 0 N–H and O–H groups in total. The van der Waals surface area contributed by atoms with Crippen molar-refractivity contribution in [3.63, 3.8) is 0 Å². The molecule has 2 aromatic heterocycles. The zero-order valence-corrected chi connectivity index (χ0v) is 14.2. The highest BCUT2D eigenvalue weighted by molar-refractivity contribution is 9.10. The van der Waals surface area contributed by atoms with Crippen LogP contribution < -0.4 is 9.47 Å². The topological polar surface area (TPSA) is 62.1 Å². The Labute approximate surface area is 140 Å². The molecule has 22 heavy (non-hydrogen) atoms. The molecule has 8 heteroatoms. The Bertz CT molecular complexity index is 837. The molecule has 0 saturated heterocycles. The van der Waals surface area contributed by atoms with Crippen LogP contribution in [-0.4, -0.2) is 33.7 Å². The van der Waals surface area contributed by atoms with Crippen LogP contribution in [0.2, 0.25) is 5.15 Å². The van der Waals surface area contributed by atoms with Gasteiger partial charge in [0.15, 0.2) is 22.3 Å². The third kappa shape index (κ3) is 2.62. The maximum Gasteiger partial charge on any atom is 0.182 e. The Morgan fingerprint density at radius 1 is 1.14 bits per heavy atom. The van der Waals surface area contributed by atoms with Gasteiger partial charge in [0.1, 0.15) is 11.8 Å².